The van der Waals surface area contributed by atoms with Gasteiger partial charge in [0.05, 0.1) is 6.20 Å². The lowest BCUT2D eigenvalue weighted by Crippen LogP contribution is -2.65. The van der Waals surface area contributed by atoms with Crippen molar-refractivity contribution in [3.8, 4) is 0 Å². The second-order valence-electron chi connectivity index (χ2n) is 10.6. The summed E-state index contributed by atoms with van der Waals surface area (Å²) in [6.45, 7) is 6.73. The van der Waals surface area contributed by atoms with Gasteiger partial charge >= 0.3 is 6.03 Å². The molecule has 180 valence electrons. The van der Waals surface area contributed by atoms with E-state index in [-0.39, 0.29) is 30.8 Å². The van der Waals surface area contributed by atoms with Crippen LogP contribution in [-0.2, 0) is 11.8 Å². The number of hydrogen-bond donors (Lipinski definition) is 2. The topological polar surface area (TPSA) is 72.5 Å². The van der Waals surface area contributed by atoms with E-state index in [0.29, 0.717) is 31.0 Å². The van der Waals surface area contributed by atoms with Gasteiger partial charge in [-0.15, -0.1) is 0 Å². The predicted molar refractivity (Wildman–Crippen MR) is 122 cm³/mol. The molecule has 5 rings (SSSR count). The lowest BCUT2D eigenvalue weighted by Gasteiger charge is -2.59. The summed E-state index contributed by atoms with van der Waals surface area (Å²) in [7, 11) is 0. The van der Waals surface area contributed by atoms with Crippen molar-refractivity contribution in [2.75, 3.05) is 32.8 Å². The van der Waals surface area contributed by atoms with E-state index in [9.17, 15) is 18.7 Å². The van der Waals surface area contributed by atoms with Gasteiger partial charge in [0.15, 0.2) is 0 Å². The van der Waals surface area contributed by atoms with Crippen LogP contribution >= 0.6 is 0 Å². The lowest BCUT2D eigenvalue weighted by molar-refractivity contribution is -0.0757. The highest BCUT2D eigenvalue weighted by atomic mass is 19.1. The Bertz CT molecular complexity index is 1050. The minimum Gasteiger partial charge on any atom is -0.396 e. The molecule has 2 atom stereocenters. The maximum atomic E-state index is 14.0. The van der Waals surface area contributed by atoms with Crippen LogP contribution in [0.1, 0.15) is 44.4 Å². The summed E-state index contributed by atoms with van der Waals surface area (Å²) in [4.78, 5) is 17.1. The van der Waals surface area contributed by atoms with Gasteiger partial charge in [-0.05, 0) is 55.7 Å². The average molecular weight is 461 g/mol. The molecule has 0 bridgehead atoms. The van der Waals surface area contributed by atoms with Crippen molar-refractivity contribution in [3.05, 3.63) is 52.9 Å². The number of nitrogens with zero attached hydrogens (tertiary/aromatic N) is 3. The number of hydrogen-bond acceptors (Lipinski definition) is 3. The van der Waals surface area contributed by atoms with Crippen LogP contribution in [0.3, 0.4) is 0 Å². The van der Waals surface area contributed by atoms with E-state index in [1.54, 1.807) is 12.3 Å². The van der Waals surface area contributed by atoms with Gasteiger partial charge in [0, 0.05) is 62.7 Å². The van der Waals surface area contributed by atoms with E-state index in [1.165, 1.54) is 6.07 Å². The molecule has 3 aliphatic rings. The van der Waals surface area contributed by atoms with E-state index in [1.807, 2.05) is 16.7 Å². The molecule has 3 fully saturated rings. The highest BCUT2D eigenvalue weighted by Crippen LogP contribution is 2.53. The molecule has 1 saturated carbocycles. The molecular weight excluding hydrogens is 426 g/mol. The summed E-state index contributed by atoms with van der Waals surface area (Å²) < 4.78 is 27.1. The Balaban J connectivity index is 0.00000274. The first-order valence-corrected chi connectivity index (χ1v) is 11.9. The van der Waals surface area contributed by atoms with Gasteiger partial charge in [-0.1, -0.05) is 13.0 Å². The van der Waals surface area contributed by atoms with Crippen molar-refractivity contribution in [2.24, 2.45) is 17.3 Å². The van der Waals surface area contributed by atoms with Crippen molar-refractivity contribution in [1.29, 1.82) is 0 Å². The number of aliphatic hydroxyl groups is 1. The first-order valence-electron chi connectivity index (χ1n) is 11.9. The highest BCUT2D eigenvalue weighted by Gasteiger charge is 2.56. The lowest BCUT2D eigenvalue weighted by atomic mass is 9.56. The van der Waals surface area contributed by atoms with Gasteiger partial charge in [-0.3, -0.25) is 5.10 Å². The molecule has 6 nitrogen and oxygen atoms in total. The molecule has 1 spiro atoms. The van der Waals surface area contributed by atoms with E-state index in [2.05, 4.69) is 17.1 Å². The molecule has 2 aliphatic heterocycles. The number of nitrogens with one attached hydrogen (secondary N) is 1. The maximum absolute atomic E-state index is 14.0. The number of aryl methyl sites for hydroxylation is 1. The molecule has 0 unspecified atom stereocenters. The average Bonchev–Trinajstić information content (AvgIpc) is 3.33. The van der Waals surface area contributed by atoms with Crippen molar-refractivity contribution in [1.82, 2.24) is 20.0 Å². The van der Waals surface area contributed by atoms with Crippen LogP contribution in [0.15, 0.2) is 24.4 Å². The van der Waals surface area contributed by atoms with Crippen LogP contribution in [-0.4, -0.2) is 63.9 Å². The fourth-order valence-electron chi connectivity index (χ4n) is 6.73. The molecule has 3 heterocycles. The van der Waals surface area contributed by atoms with Crippen LogP contribution in [0.5, 0.6) is 0 Å². The number of H-pyrrole nitrogens is 1. The molecule has 1 aromatic heterocycles. The zero-order chi connectivity index (χ0) is 23.4. The zero-order valence-corrected chi connectivity index (χ0v) is 19.3. The van der Waals surface area contributed by atoms with Gasteiger partial charge in [-0.25, -0.2) is 13.6 Å². The molecule has 1 aliphatic carbocycles. The number of likely N-dealkylation sites (tertiary alicyclic amines) is 2. The number of aliphatic hydroxyl groups excluding tert-OH is 1. The second-order valence-corrected chi connectivity index (χ2v) is 10.6. The molecule has 2 saturated heterocycles. The predicted octanol–water partition coefficient (Wildman–Crippen LogP) is 3.89. The van der Waals surface area contributed by atoms with E-state index < -0.39 is 11.6 Å². The Morgan fingerprint density at radius 3 is 2.64 bits per heavy atom. The maximum Gasteiger partial charge on any atom is 0.320 e. The Kier molecular flexibility index (Phi) is 5.46. The van der Waals surface area contributed by atoms with E-state index in [0.717, 1.165) is 49.7 Å². The molecule has 8 heteroatoms. The summed E-state index contributed by atoms with van der Waals surface area (Å²) >= 11 is 0. The third-order valence-electron chi connectivity index (χ3n) is 8.43. The number of urea groups is 1. The van der Waals surface area contributed by atoms with Gasteiger partial charge in [-0.2, -0.15) is 5.10 Å². The largest absolute Gasteiger partial charge is 0.396 e. The number of amides is 2. The number of aromatic amines is 1. The Hall–Kier alpha value is -2.48. The van der Waals surface area contributed by atoms with Gasteiger partial charge in [0.2, 0.25) is 0 Å². The first kappa shape index (κ1) is 22.3. The van der Waals surface area contributed by atoms with E-state index in [4.69, 9.17) is 0 Å². The van der Waals surface area contributed by atoms with Crippen molar-refractivity contribution < 1.29 is 20.1 Å². The SMILES string of the molecule is CC[C@@]1(c2[nH]ncc2C)CN(C(=O)N2CC3(CC(Cc4ccc(F)cc4F)C3)C2)C[C@@H]1CO.[HH]. The quantitative estimate of drug-likeness (QED) is 0.711. The van der Waals surface area contributed by atoms with Crippen LogP contribution in [0.2, 0.25) is 0 Å². The van der Waals surface area contributed by atoms with Crippen LogP contribution in [0.25, 0.3) is 0 Å². The number of aromatic nitrogens is 2. The van der Waals surface area contributed by atoms with Crippen LogP contribution in [0, 0.1) is 35.8 Å². The number of halogens is 2. The number of carbonyl (C=O) groups excluding carboxylic acids is 1. The number of benzene rings is 1. The summed E-state index contributed by atoms with van der Waals surface area (Å²) in [5.74, 6) is -0.668. The van der Waals surface area contributed by atoms with Gasteiger partial charge in [0.1, 0.15) is 11.6 Å². The van der Waals surface area contributed by atoms with Crippen LogP contribution < -0.4 is 0 Å². The van der Waals surface area contributed by atoms with Gasteiger partial charge in [0.25, 0.3) is 0 Å². The fourth-order valence-corrected chi connectivity index (χ4v) is 6.73. The molecule has 2 N–H and O–H groups in total. The summed E-state index contributed by atoms with van der Waals surface area (Å²) in [5.41, 5.74) is 2.49. The van der Waals surface area contributed by atoms with Crippen molar-refractivity contribution in [3.63, 3.8) is 0 Å². The Morgan fingerprint density at radius 2 is 2.03 bits per heavy atom. The highest BCUT2D eigenvalue weighted by molar-refractivity contribution is 5.76. The minimum atomic E-state index is -0.547. The normalized spacial score (nSPS) is 26.5. The third-order valence-corrected chi connectivity index (χ3v) is 8.43. The Morgan fingerprint density at radius 1 is 1.27 bits per heavy atom. The van der Waals surface area contributed by atoms with Crippen molar-refractivity contribution >= 4 is 6.03 Å². The zero-order valence-electron chi connectivity index (χ0n) is 19.3. The first-order chi connectivity index (χ1) is 15.8. The minimum absolute atomic E-state index is 0. The molecule has 2 aromatic rings. The van der Waals surface area contributed by atoms with Crippen LogP contribution in [0.4, 0.5) is 13.6 Å². The molecule has 2 amide bonds. The third kappa shape index (κ3) is 3.63. The number of rotatable bonds is 5. The fraction of sp³-hybridized carbons (Fsp3) is 0.600. The Labute approximate surface area is 194 Å². The monoisotopic (exact) mass is 460 g/mol. The summed E-state index contributed by atoms with van der Waals surface area (Å²) in [6, 6.07) is 3.84. The molecule has 33 heavy (non-hydrogen) atoms. The van der Waals surface area contributed by atoms with E-state index >= 15 is 0 Å². The van der Waals surface area contributed by atoms with Crippen molar-refractivity contribution in [2.45, 2.75) is 44.9 Å². The molecule has 1 aromatic carbocycles. The number of carbonyl (C=O) groups is 1. The van der Waals surface area contributed by atoms with Gasteiger partial charge < -0.3 is 14.9 Å². The standard InChI is InChI=1S/C25H32F2N4O2.H2/c1-3-25(22-16(2)10-28-29-22)15-30(11-19(25)12-32)23(33)31-13-24(14-31)8-17(9-24)6-18-4-5-20(26)7-21(18)27;/h4-5,7,10,17,19,32H,3,6,8-9,11-15H2,1-2H3,(H,28,29);1H/t19-,25-;/m1./s1. The second kappa shape index (κ2) is 8.08. The summed E-state index contributed by atoms with van der Waals surface area (Å²) in [6.07, 6.45) is 5.18. The summed E-state index contributed by atoms with van der Waals surface area (Å²) in [5, 5.41) is 17.4. The molecule has 0 radical (unpaired) electrons. The molecular formula is C25H34F2N4O2. The smallest absolute Gasteiger partial charge is 0.320 e.